The highest BCUT2D eigenvalue weighted by Gasteiger charge is 2.33. The lowest BCUT2D eigenvalue weighted by Crippen LogP contribution is -2.60. The first-order valence-electron chi connectivity index (χ1n) is 8.47. The Morgan fingerprint density at radius 2 is 2.10 bits per heavy atom. The summed E-state index contributed by atoms with van der Waals surface area (Å²) in [5, 5.41) is 3.72. The summed E-state index contributed by atoms with van der Waals surface area (Å²) in [6.07, 6.45) is 6.28. The Morgan fingerprint density at radius 1 is 1.24 bits per heavy atom. The van der Waals surface area contributed by atoms with Crippen LogP contribution in [0.2, 0.25) is 0 Å². The van der Waals surface area contributed by atoms with Crippen LogP contribution in [0.15, 0.2) is 22.7 Å². The molecule has 1 aliphatic carbocycles. The van der Waals surface area contributed by atoms with Crippen LogP contribution in [0.4, 0.5) is 0 Å². The van der Waals surface area contributed by atoms with Crippen molar-refractivity contribution < 1.29 is 0 Å². The van der Waals surface area contributed by atoms with E-state index < -0.39 is 0 Å². The number of aryl methyl sites for hydroxylation is 1. The predicted molar refractivity (Wildman–Crippen MR) is 92.8 cm³/mol. The van der Waals surface area contributed by atoms with Gasteiger partial charge in [0.15, 0.2) is 0 Å². The van der Waals surface area contributed by atoms with Gasteiger partial charge in [-0.2, -0.15) is 0 Å². The number of fused-ring (bicyclic) bond motifs is 1. The number of hydrogen-bond donors (Lipinski definition) is 1. The Hall–Kier alpha value is -0.380. The fourth-order valence-corrected chi connectivity index (χ4v) is 4.38. The maximum atomic E-state index is 3.72. The van der Waals surface area contributed by atoms with Crippen molar-refractivity contribution >= 4 is 15.9 Å². The van der Waals surface area contributed by atoms with Crippen LogP contribution < -0.4 is 5.32 Å². The van der Waals surface area contributed by atoms with Crippen LogP contribution in [-0.4, -0.2) is 36.1 Å². The molecule has 0 aromatic heterocycles. The Balaban J connectivity index is 1.75. The first-order chi connectivity index (χ1) is 10.2. The van der Waals surface area contributed by atoms with Gasteiger partial charge in [0, 0.05) is 35.7 Å². The van der Waals surface area contributed by atoms with E-state index in [-0.39, 0.29) is 0 Å². The number of rotatable bonds is 3. The van der Waals surface area contributed by atoms with Crippen molar-refractivity contribution in [3.8, 4) is 0 Å². The molecule has 3 rings (SSSR count). The molecule has 1 fully saturated rings. The van der Waals surface area contributed by atoms with Gasteiger partial charge in [-0.1, -0.05) is 35.8 Å². The molecular weight excluding hydrogens is 324 g/mol. The van der Waals surface area contributed by atoms with Gasteiger partial charge in [-0.25, -0.2) is 0 Å². The van der Waals surface area contributed by atoms with Crippen molar-refractivity contribution in [3.63, 3.8) is 0 Å². The molecular formula is C18H27BrN2. The Bertz CT molecular complexity index is 488. The number of piperazine rings is 1. The van der Waals surface area contributed by atoms with Crippen LogP contribution >= 0.6 is 15.9 Å². The lowest BCUT2D eigenvalue weighted by atomic mass is 9.86. The number of halogens is 1. The van der Waals surface area contributed by atoms with Crippen molar-refractivity contribution in [1.82, 2.24) is 10.2 Å². The number of benzene rings is 1. The summed E-state index contributed by atoms with van der Waals surface area (Å²) in [5.41, 5.74) is 3.12. The van der Waals surface area contributed by atoms with Gasteiger partial charge < -0.3 is 5.32 Å². The van der Waals surface area contributed by atoms with Crippen molar-refractivity contribution in [2.24, 2.45) is 0 Å². The van der Waals surface area contributed by atoms with E-state index in [1.165, 1.54) is 49.7 Å². The third-order valence-corrected chi connectivity index (χ3v) is 5.84. The molecule has 3 heteroatoms. The SMILES string of the molecule is CCC1CN(C2CCc3cc(Br)ccc3C2)C(CC)CN1. The van der Waals surface area contributed by atoms with Gasteiger partial charge in [-0.3, -0.25) is 4.90 Å². The standard InChI is InChI=1S/C18H27BrN2/c1-3-16-12-21(17(4-2)11-20-16)18-8-6-13-9-15(19)7-5-14(13)10-18/h5,7,9,16-18,20H,3-4,6,8,10-12H2,1-2H3. The summed E-state index contributed by atoms with van der Waals surface area (Å²) >= 11 is 3.60. The van der Waals surface area contributed by atoms with E-state index in [1.807, 2.05) is 0 Å². The smallest absolute Gasteiger partial charge is 0.0221 e. The Kier molecular flexibility index (Phi) is 5.03. The van der Waals surface area contributed by atoms with Crippen molar-refractivity contribution in [1.29, 1.82) is 0 Å². The predicted octanol–water partition coefficient (Wildman–Crippen LogP) is 3.77. The normalized spacial score (nSPS) is 30.1. The summed E-state index contributed by atoms with van der Waals surface area (Å²) in [7, 11) is 0. The zero-order chi connectivity index (χ0) is 14.8. The summed E-state index contributed by atoms with van der Waals surface area (Å²) in [6.45, 7) is 7.03. The molecule has 1 aliphatic heterocycles. The van der Waals surface area contributed by atoms with Crippen molar-refractivity contribution in [3.05, 3.63) is 33.8 Å². The quantitative estimate of drug-likeness (QED) is 0.892. The number of nitrogens with zero attached hydrogens (tertiary/aromatic N) is 1. The molecule has 21 heavy (non-hydrogen) atoms. The van der Waals surface area contributed by atoms with Crippen LogP contribution in [0.1, 0.15) is 44.2 Å². The summed E-state index contributed by atoms with van der Waals surface area (Å²) in [5.74, 6) is 0. The maximum Gasteiger partial charge on any atom is 0.0221 e. The van der Waals surface area contributed by atoms with Crippen LogP contribution in [0, 0.1) is 0 Å². The van der Waals surface area contributed by atoms with Gasteiger partial charge in [-0.05, 0) is 55.4 Å². The van der Waals surface area contributed by atoms with E-state index in [0.717, 1.165) is 12.1 Å². The van der Waals surface area contributed by atoms with E-state index in [0.29, 0.717) is 6.04 Å². The minimum Gasteiger partial charge on any atom is -0.311 e. The van der Waals surface area contributed by atoms with Crippen LogP contribution in [-0.2, 0) is 12.8 Å². The van der Waals surface area contributed by atoms with Crippen LogP contribution in [0.25, 0.3) is 0 Å². The number of hydrogen-bond acceptors (Lipinski definition) is 2. The molecule has 0 radical (unpaired) electrons. The second-order valence-electron chi connectivity index (χ2n) is 6.58. The minimum absolute atomic E-state index is 0.680. The third kappa shape index (κ3) is 3.35. The molecule has 1 N–H and O–H groups in total. The van der Waals surface area contributed by atoms with E-state index >= 15 is 0 Å². The van der Waals surface area contributed by atoms with E-state index in [4.69, 9.17) is 0 Å². The molecule has 0 amide bonds. The van der Waals surface area contributed by atoms with Gasteiger partial charge >= 0.3 is 0 Å². The topological polar surface area (TPSA) is 15.3 Å². The molecule has 1 aromatic rings. The maximum absolute atomic E-state index is 3.72. The van der Waals surface area contributed by atoms with Gasteiger partial charge in [0.05, 0.1) is 0 Å². The van der Waals surface area contributed by atoms with Crippen LogP contribution in [0.3, 0.4) is 0 Å². The highest BCUT2D eigenvalue weighted by atomic mass is 79.9. The molecule has 3 atom stereocenters. The second-order valence-corrected chi connectivity index (χ2v) is 7.50. The summed E-state index contributed by atoms with van der Waals surface area (Å²) < 4.78 is 1.22. The highest BCUT2D eigenvalue weighted by molar-refractivity contribution is 9.10. The fraction of sp³-hybridized carbons (Fsp3) is 0.667. The molecule has 2 aliphatic rings. The summed E-state index contributed by atoms with van der Waals surface area (Å²) in [6, 6.07) is 8.97. The summed E-state index contributed by atoms with van der Waals surface area (Å²) in [4.78, 5) is 2.82. The second kappa shape index (κ2) is 6.80. The Labute approximate surface area is 137 Å². The highest BCUT2D eigenvalue weighted by Crippen LogP contribution is 2.29. The van der Waals surface area contributed by atoms with Gasteiger partial charge in [0.1, 0.15) is 0 Å². The molecule has 1 saturated heterocycles. The van der Waals surface area contributed by atoms with E-state index in [1.54, 1.807) is 11.1 Å². The number of nitrogens with one attached hydrogen (secondary N) is 1. The van der Waals surface area contributed by atoms with Gasteiger partial charge in [-0.15, -0.1) is 0 Å². The zero-order valence-electron chi connectivity index (χ0n) is 13.2. The lowest BCUT2D eigenvalue weighted by Gasteiger charge is -2.46. The van der Waals surface area contributed by atoms with Gasteiger partial charge in [0.25, 0.3) is 0 Å². The minimum atomic E-state index is 0.680. The monoisotopic (exact) mass is 350 g/mol. The Morgan fingerprint density at radius 3 is 2.86 bits per heavy atom. The molecule has 0 spiro atoms. The molecule has 1 heterocycles. The van der Waals surface area contributed by atoms with E-state index in [2.05, 4.69) is 58.2 Å². The molecule has 0 bridgehead atoms. The third-order valence-electron chi connectivity index (χ3n) is 5.35. The molecule has 2 nitrogen and oxygen atoms in total. The molecule has 116 valence electrons. The first kappa shape index (κ1) is 15.5. The zero-order valence-corrected chi connectivity index (χ0v) is 14.8. The average molecular weight is 351 g/mol. The molecule has 0 saturated carbocycles. The van der Waals surface area contributed by atoms with Gasteiger partial charge in [0.2, 0.25) is 0 Å². The van der Waals surface area contributed by atoms with Crippen LogP contribution in [0.5, 0.6) is 0 Å². The van der Waals surface area contributed by atoms with Crippen molar-refractivity contribution in [2.45, 2.75) is 64.1 Å². The van der Waals surface area contributed by atoms with Crippen molar-refractivity contribution in [2.75, 3.05) is 13.1 Å². The lowest BCUT2D eigenvalue weighted by molar-refractivity contribution is 0.0703. The first-order valence-corrected chi connectivity index (χ1v) is 9.27. The average Bonchev–Trinajstić information content (AvgIpc) is 2.53. The van der Waals surface area contributed by atoms with E-state index in [9.17, 15) is 0 Å². The fourth-order valence-electron chi connectivity index (χ4n) is 3.98. The molecule has 1 aromatic carbocycles. The largest absolute Gasteiger partial charge is 0.311 e. The molecule has 3 unspecified atom stereocenters.